The molecule has 12 aromatic rings. The van der Waals surface area contributed by atoms with Crippen molar-refractivity contribution >= 4 is 65.7 Å². The third-order valence-electron chi connectivity index (χ3n) is 11.6. The number of furan rings is 2. The van der Waals surface area contributed by atoms with Gasteiger partial charge in [0.25, 0.3) is 0 Å². The Morgan fingerprint density at radius 3 is 1.51 bits per heavy atom. The predicted octanol–water partition coefficient (Wildman–Crippen LogP) is 15.3. The minimum Gasteiger partial charge on any atom is -0.456 e. The van der Waals surface area contributed by atoms with Gasteiger partial charge in [0.1, 0.15) is 16.7 Å². The average Bonchev–Trinajstić information content (AvgIpc) is 3.96. The summed E-state index contributed by atoms with van der Waals surface area (Å²) in [6, 6.07) is 71.4. The standard InChI is InChI=1S/C54H33NO2/c1-4-13-34(14-5-1)37-24-27-48-45(29-37)46-30-38(35-15-6-2-7-16-35)25-28-49(46)55(48)50-21-12-20-43-47-32-40(31-44(53(47)57-54(43)50)36-17-8-3-9-18-36)39-23-26-42-41-19-10-11-22-51(41)56-52(42)33-39/h1-33H. The fourth-order valence-corrected chi connectivity index (χ4v) is 8.87. The Morgan fingerprint density at radius 1 is 0.281 bits per heavy atom. The van der Waals surface area contributed by atoms with E-state index in [0.717, 1.165) is 82.9 Å². The molecule has 0 N–H and O–H groups in total. The number of hydrogen-bond acceptors (Lipinski definition) is 2. The Bertz CT molecular complexity index is 3400. The van der Waals surface area contributed by atoms with Gasteiger partial charge in [0, 0.05) is 37.9 Å². The van der Waals surface area contributed by atoms with E-state index in [0.29, 0.717) is 0 Å². The third-order valence-corrected chi connectivity index (χ3v) is 11.6. The monoisotopic (exact) mass is 727 g/mol. The molecule has 3 heterocycles. The summed E-state index contributed by atoms with van der Waals surface area (Å²) in [6.45, 7) is 0. The Hall–Kier alpha value is -7.62. The lowest BCUT2D eigenvalue weighted by Crippen LogP contribution is -1.94. The first-order valence-electron chi connectivity index (χ1n) is 19.4. The second-order valence-electron chi connectivity index (χ2n) is 14.9. The summed E-state index contributed by atoms with van der Waals surface area (Å²) >= 11 is 0. The SMILES string of the molecule is c1ccc(-c2ccc3c(c2)c2cc(-c4ccccc4)ccc2n3-c2cccc3c2oc2c(-c4ccccc4)cc(-c4ccc5c(c4)oc4ccccc45)cc23)cc1. The fraction of sp³-hybridized carbons (Fsp3) is 0. The highest BCUT2D eigenvalue weighted by Gasteiger charge is 2.21. The molecule has 0 aliphatic heterocycles. The number of fused-ring (bicyclic) bond motifs is 9. The average molecular weight is 728 g/mol. The molecule has 0 aliphatic carbocycles. The summed E-state index contributed by atoms with van der Waals surface area (Å²) in [6.07, 6.45) is 0. The van der Waals surface area contributed by atoms with Gasteiger partial charge in [-0.05, 0) is 99.6 Å². The summed E-state index contributed by atoms with van der Waals surface area (Å²) in [5, 5.41) is 6.80. The smallest absolute Gasteiger partial charge is 0.159 e. The van der Waals surface area contributed by atoms with Gasteiger partial charge in [-0.3, -0.25) is 0 Å². The molecule has 3 heteroatoms. The van der Waals surface area contributed by atoms with Crippen LogP contribution in [0, 0.1) is 0 Å². The first kappa shape index (κ1) is 31.7. The van der Waals surface area contributed by atoms with E-state index in [2.05, 4.69) is 193 Å². The summed E-state index contributed by atoms with van der Waals surface area (Å²) in [5.41, 5.74) is 15.9. The first-order chi connectivity index (χ1) is 28.2. The van der Waals surface area contributed by atoms with Crippen molar-refractivity contribution in [1.29, 1.82) is 0 Å². The van der Waals surface area contributed by atoms with E-state index in [9.17, 15) is 0 Å². The zero-order valence-electron chi connectivity index (χ0n) is 30.8. The zero-order valence-corrected chi connectivity index (χ0v) is 30.8. The Labute approximate surface area is 328 Å². The molecule has 0 bridgehead atoms. The molecule has 0 aliphatic rings. The number of rotatable bonds is 5. The van der Waals surface area contributed by atoms with Gasteiger partial charge in [0.15, 0.2) is 5.58 Å². The van der Waals surface area contributed by atoms with E-state index < -0.39 is 0 Å². The van der Waals surface area contributed by atoms with Crippen molar-refractivity contribution in [3.63, 3.8) is 0 Å². The van der Waals surface area contributed by atoms with Gasteiger partial charge in [-0.15, -0.1) is 0 Å². The maximum Gasteiger partial charge on any atom is 0.159 e. The quantitative estimate of drug-likeness (QED) is 0.177. The molecule has 0 fully saturated rings. The van der Waals surface area contributed by atoms with Crippen LogP contribution in [0.5, 0.6) is 0 Å². The van der Waals surface area contributed by atoms with Crippen molar-refractivity contribution in [3.05, 3.63) is 200 Å². The number of hydrogen-bond donors (Lipinski definition) is 0. The fourth-order valence-electron chi connectivity index (χ4n) is 8.87. The number of benzene rings is 9. The Kier molecular flexibility index (Phi) is 6.93. The molecule has 12 rings (SSSR count). The second-order valence-corrected chi connectivity index (χ2v) is 14.9. The highest BCUT2D eigenvalue weighted by atomic mass is 16.3. The normalized spacial score (nSPS) is 11.9. The Balaban J connectivity index is 1.11. The molecular weight excluding hydrogens is 695 g/mol. The van der Waals surface area contributed by atoms with Crippen LogP contribution in [0.2, 0.25) is 0 Å². The van der Waals surface area contributed by atoms with Crippen LogP contribution in [0.1, 0.15) is 0 Å². The maximum absolute atomic E-state index is 7.14. The van der Waals surface area contributed by atoms with E-state index in [1.165, 1.54) is 33.0 Å². The van der Waals surface area contributed by atoms with Crippen LogP contribution in [-0.2, 0) is 0 Å². The van der Waals surface area contributed by atoms with Gasteiger partial charge < -0.3 is 13.4 Å². The van der Waals surface area contributed by atoms with Crippen molar-refractivity contribution in [2.75, 3.05) is 0 Å². The van der Waals surface area contributed by atoms with E-state index >= 15 is 0 Å². The molecular formula is C54H33NO2. The maximum atomic E-state index is 7.14. The molecule has 0 spiro atoms. The first-order valence-corrected chi connectivity index (χ1v) is 19.4. The summed E-state index contributed by atoms with van der Waals surface area (Å²) < 4.78 is 15.9. The molecule has 0 saturated heterocycles. The van der Waals surface area contributed by atoms with Crippen LogP contribution in [0.25, 0.3) is 116 Å². The summed E-state index contributed by atoms with van der Waals surface area (Å²) in [5.74, 6) is 0. The Morgan fingerprint density at radius 2 is 0.825 bits per heavy atom. The number of para-hydroxylation sites is 2. The molecule has 57 heavy (non-hydrogen) atoms. The van der Waals surface area contributed by atoms with Crippen molar-refractivity contribution < 1.29 is 8.83 Å². The summed E-state index contributed by atoms with van der Waals surface area (Å²) in [7, 11) is 0. The zero-order chi connectivity index (χ0) is 37.5. The van der Waals surface area contributed by atoms with Crippen LogP contribution in [0.3, 0.4) is 0 Å². The van der Waals surface area contributed by atoms with Crippen LogP contribution in [0.4, 0.5) is 0 Å². The van der Waals surface area contributed by atoms with Gasteiger partial charge in [-0.1, -0.05) is 140 Å². The van der Waals surface area contributed by atoms with Crippen LogP contribution in [-0.4, -0.2) is 4.57 Å². The van der Waals surface area contributed by atoms with E-state index in [1.807, 2.05) is 12.1 Å². The van der Waals surface area contributed by atoms with Crippen molar-refractivity contribution in [1.82, 2.24) is 4.57 Å². The predicted molar refractivity (Wildman–Crippen MR) is 237 cm³/mol. The van der Waals surface area contributed by atoms with E-state index in [1.54, 1.807) is 0 Å². The van der Waals surface area contributed by atoms with Crippen LogP contribution < -0.4 is 0 Å². The molecule has 0 radical (unpaired) electrons. The minimum atomic E-state index is 0.854. The highest BCUT2D eigenvalue weighted by Crippen LogP contribution is 2.44. The lowest BCUT2D eigenvalue weighted by atomic mass is 9.95. The van der Waals surface area contributed by atoms with Gasteiger partial charge in [0.2, 0.25) is 0 Å². The van der Waals surface area contributed by atoms with Gasteiger partial charge in [0.05, 0.1) is 16.7 Å². The second kappa shape index (κ2) is 12.5. The van der Waals surface area contributed by atoms with Gasteiger partial charge >= 0.3 is 0 Å². The lowest BCUT2D eigenvalue weighted by molar-refractivity contribution is 0.667. The minimum absolute atomic E-state index is 0.854. The topological polar surface area (TPSA) is 31.2 Å². The van der Waals surface area contributed by atoms with Crippen LogP contribution in [0.15, 0.2) is 209 Å². The third kappa shape index (κ3) is 4.99. The largest absolute Gasteiger partial charge is 0.456 e. The van der Waals surface area contributed by atoms with Gasteiger partial charge in [-0.2, -0.15) is 0 Å². The number of aromatic nitrogens is 1. The molecule has 0 unspecified atom stereocenters. The molecule has 0 atom stereocenters. The molecule has 9 aromatic carbocycles. The van der Waals surface area contributed by atoms with Crippen molar-refractivity contribution in [2.24, 2.45) is 0 Å². The van der Waals surface area contributed by atoms with Crippen molar-refractivity contribution in [3.8, 4) is 50.2 Å². The molecule has 3 aromatic heterocycles. The molecule has 0 saturated carbocycles. The van der Waals surface area contributed by atoms with E-state index in [-0.39, 0.29) is 0 Å². The molecule has 266 valence electrons. The molecule has 3 nitrogen and oxygen atoms in total. The molecule has 0 amide bonds. The highest BCUT2D eigenvalue weighted by molar-refractivity contribution is 6.16. The number of nitrogens with zero attached hydrogens (tertiary/aromatic N) is 1. The summed E-state index contributed by atoms with van der Waals surface area (Å²) in [4.78, 5) is 0. The van der Waals surface area contributed by atoms with Crippen molar-refractivity contribution in [2.45, 2.75) is 0 Å². The lowest BCUT2D eigenvalue weighted by Gasteiger charge is -2.09. The van der Waals surface area contributed by atoms with Crippen LogP contribution >= 0.6 is 0 Å². The van der Waals surface area contributed by atoms with Gasteiger partial charge in [-0.25, -0.2) is 0 Å². The van der Waals surface area contributed by atoms with E-state index in [4.69, 9.17) is 8.83 Å².